The second-order valence-electron chi connectivity index (χ2n) is 6.41. The lowest BCUT2D eigenvalue weighted by Gasteiger charge is -2.32. The highest BCUT2D eigenvalue weighted by Crippen LogP contribution is 2.38. The number of benzene rings is 1. The molecule has 0 saturated carbocycles. The van der Waals surface area contributed by atoms with Gasteiger partial charge in [0.15, 0.2) is 11.5 Å². The number of aromatic nitrogens is 2. The summed E-state index contributed by atoms with van der Waals surface area (Å²) in [5, 5.41) is 0. The monoisotopic (exact) mass is 359 g/mol. The van der Waals surface area contributed by atoms with Gasteiger partial charge >= 0.3 is 0 Å². The molecule has 26 heavy (non-hydrogen) atoms. The van der Waals surface area contributed by atoms with Gasteiger partial charge in [-0.25, -0.2) is 4.98 Å². The fourth-order valence-corrected chi connectivity index (χ4v) is 3.40. The van der Waals surface area contributed by atoms with Crippen LogP contribution < -0.4 is 14.2 Å². The zero-order valence-electron chi connectivity index (χ0n) is 15.5. The number of hydrogen-bond acceptors (Lipinski definition) is 5. The molecule has 1 aromatic heterocycles. The van der Waals surface area contributed by atoms with E-state index in [4.69, 9.17) is 14.2 Å². The average molecular weight is 359 g/mol. The second kappa shape index (κ2) is 8.12. The van der Waals surface area contributed by atoms with E-state index < -0.39 is 0 Å². The van der Waals surface area contributed by atoms with E-state index in [1.165, 1.54) is 0 Å². The first-order chi connectivity index (χ1) is 12.7. The Kier molecular flexibility index (Phi) is 5.65. The highest BCUT2D eigenvalue weighted by molar-refractivity contribution is 5.95. The van der Waals surface area contributed by atoms with Gasteiger partial charge in [-0.1, -0.05) is 0 Å². The lowest BCUT2D eigenvalue weighted by Crippen LogP contribution is -2.39. The number of hydrogen-bond donors (Lipinski definition) is 0. The molecule has 2 heterocycles. The standard InChI is InChI=1S/C19H25N3O4/c1-24-16-10-15(11-17(25-2)18(16)26-3)19(23)22-7-4-14(5-8-22)12-21-9-6-20-13-21/h6,9-11,13-14H,4-5,7-8,12H2,1-3H3. The van der Waals surface area contributed by atoms with Crippen LogP contribution in [0.2, 0.25) is 0 Å². The Hall–Kier alpha value is -2.70. The summed E-state index contributed by atoms with van der Waals surface area (Å²) in [6.45, 7) is 2.44. The Bertz CT molecular complexity index is 712. The highest BCUT2D eigenvalue weighted by Gasteiger charge is 2.25. The summed E-state index contributed by atoms with van der Waals surface area (Å²) in [5.74, 6) is 2.03. The second-order valence-corrected chi connectivity index (χ2v) is 6.41. The SMILES string of the molecule is COc1cc(C(=O)N2CCC(Cn3ccnc3)CC2)cc(OC)c1OC. The summed E-state index contributed by atoms with van der Waals surface area (Å²) >= 11 is 0. The Balaban J connectivity index is 1.68. The molecule has 0 atom stereocenters. The van der Waals surface area contributed by atoms with Crippen molar-refractivity contribution in [2.75, 3.05) is 34.4 Å². The normalized spacial score (nSPS) is 15.0. The summed E-state index contributed by atoms with van der Waals surface area (Å²) < 4.78 is 18.1. The maximum absolute atomic E-state index is 12.9. The van der Waals surface area contributed by atoms with Crippen molar-refractivity contribution in [3.05, 3.63) is 36.4 Å². The third-order valence-corrected chi connectivity index (χ3v) is 4.84. The Morgan fingerprint density at radius 2 is 1.77 bits per heavy atom. The molecule has 1 fully saturated rings. The van der Waals surface area contributed by atoms with Crippen molar-refractivity contribution in [1.82, 2.24) is 14.5 Å². The number of piperidine rings is 1. The molecule has 1 aliphatic rings. The van der Waals surface area contributed by atoms with Crippen molar-refractivity contribution in [3.63, 3.8) is 0 Å². The van der Waals surface area contributed by atoms with Gasteiger partial charge in [-0.3, -0.25) is 4.79 Å². The molecule has 1 saturated heterocycles. The predicted octanol–water partition coefficient (Wildman–Crippen LogP) is 2.46. The van der Waals surface area contributed by atoms with E-state index in [1.807, 2.05) is 17.4 Å². The molecule has 7 heteroatoms. The van der Waals surface area contributed by atoms with Crippen LogP contribution in [0.25, 0.3) is 0 Å². The zero-order chi connectivity index (χ0) is 18.5. The first-order valence-corrected chi connectivity index (χ1v) is 8.71. The van der Waals surface area contributed by atoms with Crippen LogP contribution in [0.15, 0.2) is 30.9 Å². The minimum atomic E-state index is -0.00895. The summed E-state index contributed by atoms with van der Waals surface area (Å²) in [6.07, 6.45) is 7.58. The molecule has 1 aliphatic heterocycles. The van der Waals surface area contributed by atoms with Crippen molar-refractivity contribution >= 4 is 5.91 Å². The molecule has 0 bridgehead atoms. The quantitative estimate of drug-likeness (QED) is 0.793. The van der Waals surface area contributed by atoms with Gasteiger partial charge in [0.1, 0.15) is 0 Å². The van der Waals surface area contributed by atoms with Crippen LogP contribution in [0.3, 0.4) is 0 Å². The largest absolute Gasteiger partial charge is 0.493 e. The van der Waals surface area contributed by atoms with Gasteiger partial charge in [0.2, 0.25) is 5.75 Å². The number of carbonyl (C=O) groups excluding carboxylic acids is 1. The van der Waals surface area contributed by atoms with Crippen molar-refractivity contribution in [2.24, 2.45) is 5.92 Å². The molecule has 0 unspecified atom stereocenters. The van der Waals surface area contributed by atoms with Crippen molar-refractivity contribution in [1.29, 1.82) is 0 Å². The first kappa shape index (κ1) is 18.1. The van der Waals surface area contributed by atoms with Crippen LogP contribution in [0.4, 0.5) is 0 Å². The van der Waals surface area contributed by atoms with Gasteiger partial charge in [0.05, 0.1) is 27.7 Å². The number of ether oxygens (including phenoxy) is 3. The van der Waals surface area contributed by atoms with Crippen molar-refractivity contribution < 1.29 is 19.0 Å². The number of amides is 1. The number of nitrogens with zero attached hydrogens (tertiary/aromatic N) is 3. The van der Waals surface area contributed by atoms with E-state index >= 15 is 0 Å². The minimum absolute atomic E-state index is 0.00895. The number of methoxy groups -OCH3 is 3. The van der Waals surface area contributed by atoms with E-state index in [0.717, 1.165) is 32.5 Å². The molecule has 0 radical (unpaired) electrons. The highest BCUT2D eigenvalue weighted by atomic mass is 16.5. The smallest absolute Gasteiger partial charge is 0.254 e. The molecule has 3 rings (SSSR count). The van der Waals surface area contributed by atoms with E-state index in [9.17, 15) is 4.79 Å². The molecule has 2 aromatic rings. The van der Waals surface area contributed by atoms with Crippen LogP contribution in [0.5, 0.6) is 17.2 Å². The fraction of sp³-hybridized carbons (Fsp3) is 0.474. The van der Waals surface area contributed by atoms with Crippen LogP contribution >= 0.6 is 0 Å². The molecule has 1 amide bonds. The predicted molar refractivity (Wildman–Crippen MR) is 97.0 cm³/mol. The number of imidazole rings is 1. The zero-order valence-corrected chi connectivity index (χ0v) is 15.5. The van der Waals surface area contributed by atoms with Gasteiger partial charge in [-0.15, -0.1) is 0 Å². The van der Waals surface area contributed by atoms with Crippen LogP contribution in [0, 0.1) is 5.92 Å². The lowest BCUT2D eigenvalue weighted by molar-refractivity contribution is 0.0682. The Labute approximate surface area is 153 Å². The van der Waals surface area contributed by atoms with Crippen molar-refractivity contribution in [3.8, 4) is 17.2 Å². The average Bonchev–Trinajstić information content (AvgIpc) is 3.19. The molecule has 1 aromatic carbocycles. The lowest BCUT2D eigenvalue weighted by atomic mass is 9.96. The molecule has 7 nitrogen and oxygen atoms in total. The summed E-state index contributed by atoms with van der Waals surface area (Å²) in [5.41, 5.74) is 0.549. The van der Waals surface area contributed by atoms with E-state index in [-0.39, 0.29) is 5.91 Å². The van der Waals surface area contributed by atoms with Crippen LogP contribution in [-0.2, 0) is 6.54 Å². The van der Waals surface area contributed by atoms with Gasteiger partial charge in [0, 0.05) is 37.6 Å². The molecule has 0 aliphatic carbocycles. The minimum Gasteiger partial charge on any atom is -0.493 e. The number of carbonyl (C=O) groups is 1. The third kappa shape index (κ3) is 3.76. The summed E-state index contributed by atoms with van der Waals surface area (Å²) in [4.78, 5) is 18.9. The summed E-state index contributed by atoms with van der Waals surface area (Å²) in [6, 6.07) is 3.42. The van der Waals surface area contributed by atoms with Crippen LogP contribution in [-0.4, -0.2) is 54.8 Å². The molecule has 0 N–H and O–H groups in total. The van der Waals surface area contributed by atoms with Gasteiger partial charge in [-0.2, -0.15) is 0 Å². The van der Waals surface area contributed by atoms with Crippen molar-refractivity contribution in [2.45, 2.75) is 19.4 Å². The fourth-order valence-electron chi connectivity index (χ4n) is 3.40. The first-order valence-electron chi connectivity index (χ1n) is 8.71. The molecule has 140 valence electrons. The number of rotatable bonds is 6. The number of likely N-dealkylation sites (tertiary alicyclic amines) is 1. The van der Waals surface area contributed by atoms with E-state index in [0.29, 0.717) is 28.7 Å². The van der Waals surface area contributed by atoms with E-state index in [1.54, 1.807) is 39.7 Å². The third-order valence-electron chi connectivity index (χ3n) is 4.84. The van der Waals surface area contributed by atoms with Crippen LogP contribution in [0.1, 0.15) is 23.2 Å². The maximum atomic E-state index is 12.9. The maximum Gasteiger partial charge on any atom is 0.254 e. The van der Waals surface area contributed by atoms with Gasteiger partial charge in [-0.05, 0) is 30.9 Å². The van der Waals surface area contributed by atoms with Gasteiger partial charge in [0.25, 0.3) is 5.91 Å². The van der Waals surface area contributed by atoms with E-state index in [2.05, 4.69) is 9.55 Å². The molecular formula is C19H25N3O4. The Morgan fingerprint density at radius 1 is 1.12 bits per heavy atom. The summed E-state index contributed by atoms with van der Waals surface area (Å²) in [7, 11) is 4.65. The topological polar surface area (TPSA) is 65.8 Å². The molecule has 0 spiro atoms. The molecular weight excluding hydrogens is 334 g/mol. The Morgan fingerprint density at radius 3 is 2.27 bits per heavy atom. The van der Waals surface area contributed by atoms with Gasteiger partial charge < -0.3 is 23.7 Å².